The number of hydrogen-bond donors (Lipinski definition) is 2. The third-order valence-corrected chi connectivity index (χ3v) is 5.23. The summed E-state index contributed by atoms with van der Waals surface area (Å²) in [6.07, 6.45) is 3.34. The second-order valence-electron chi connectivity index (χ2n) is 6.09. The highest BCUT2D eigenvalue weighted by Crippen LogP contribution is 2.42. The predicted octanol–water partition coefficient (Wildman–Crippen LogP) is 2.82. The lowest BCUT2D eigenvalue weighted by Crippen LogP contribution is -2.39. The molecule has 1 atom stereocenters. The Morgan fingerprint density at radius 1 is 1.17 bits per heavy atom. The van der Waals surface area contributed by atoms with E-state index in [1.165, 1.54) is 29.9 Å². The number of carbonyl (C=O) groups excluding carboxylic acids is 1. The highest BCUT2D eigenvalue weighted by atomic mass is 32.1. The van der Waals surface area contributed by atoms with Gasteiger partial charge in [-0.05, 0) is 31.4 Å². The highest BCUT2D eigenvalue weighted by Gasteiger charge is 2.28. The third-order valence-electron chi connectivity index (χ3n) is 4.23. The van der Waals surface area contributed by atoms with Gasteiger partial charge in [-0.15, -0.1) is 10.2 Å². The van der Waals surface area contributed by atoms with Crippen LogP contribution in [0, 0.1) is 0 Å². The van der Waals surface area contributed by atoms with Crippen molar-refractivity contribution in [2.75, 3.05) is 23.3 Å². The first-order chi connectivity index (χ1) is 11.3. The number of aromatic nitrogens is 2. The van der Waals surface area contributed by atoms with Crippen molar-refractivity contribution in [1.82, 2.24) is 15.5 Å². The summed E-state index contributed by atoms with van der Waals surface area (Å²) in [4.78, 5) is 14.4. The topological polar surface area (TPSA) is 70.1 Å². The van der Waals surface area contributed by atoms with Crippen molar-refractivity contribution in [3.63, 3.8) is 0 Å². The number of carbonyl (C=O) groups is 1. The molecule has 1 aliphatic carbocycles. The van der Waals surface area contributed by atoms with Crippen LogP contribution in [0.2, 0.25) is 0 Å². The van der Waals surface area contributed by atoms with Crippen molar-refractivity contribution < 1.29 is 4.79 Å². The second kappa shape index (κ2) is 6.16. The van der Waals surface area contributed by atoms with Crippen LogP contribution in [0.15, 0.2) is 30.3 Å². The van der Waals surface area contributed by atoms with Gasteiger partial charge >= 0.3 is 6.03 Å². The molecule has 120 valence electrons. The second-order valence-corrected chi connectivity index (χ2v) is 7.09. The Hall–Kier alpha value is -2.15. The molecule has 0 radical (unpaired) electrons. The molecule has 2 aliphatic rings. The predicted molar refractivity (Wildman–Crippen MR) is 91.1 cm³/mol. The van der Waals surface area contributed by atoms with Gasteiger partial charge < -0.3 is 10.2 Å². The zero-order chi connectivity index (χ0) is 15.6. The average molecular weight is 329 g/mol. The largest absolute Gasteiger partial charge is 0.369 e. The number of urea groups is 1. The van der Waals surface area contributed by atoms with E-state index in [4.69, 9.17) is 0 Å². The molecular weight excluding hydrogens is 310 g/mol. The highest BCUT2D eigenvalue weighted by molar-refractivity contribution is 7.15. The van der Waals surface area contributed by atoms with E-state index in [1.807, 2.05) is 18.2 Å². The van der Waals surface area contributed by atoms with Gasteiger partial charge in [-0.3, -0.25) is 5.32 Å². The van der Waals surface area contributed by atoms with Gasteiger partial charge in [0.25, 0.3) is 0 Å². The molecule has 1 saturated carbocycles. The first-order valence-electron chi connectivity index (χ1n) is 7.99. The van der Waals surface area contributed by atoms with Crippen molar-refractivity contribution in [2.45, 2.75) is 31.2 Å². The van der Waals surface area contributed by atoms with E-state index >= 15 is 0 Å². The van der Waals surface area contributed by atoms with Gasteiger partial charge in [0.1, 0.15) is 5.01 Å². The summed E-state index contributed by atoms with van der Waals surface area (Å²) < 4.78 is 0. The Kier molecular flexibility index (Phi) is 3.87. The Labute approximate surface area is 138 Å². The smallest absolute Gasteiger partial charge is 0.321 e. The zero-order valence-corrected chi connectivity index (χ0v) is 13.6. The molecule has 1 aliphatic heterocycles. The van der Waals surface area contributed by atoms with E-state index in [9.17, 15) is 4.79 Å². The summed E-state index contributed by atoms with van der Waals surface area (Å²) in [7, 11) is 0. The van der Waals surface area contributed by atoms with E-state index in [2.05, 4.69) is 37.9 Å². The molecular formula is C16H19N5OS. The van der Waals surface area contributed by atoms with Crippen molar-refractivity contribution >= 4 is 28.2 Å². The Balaban J connectivity index is 1.29. The normalized spacial score (nSPS) is 20.5. The number of nitrogens with zero attached hydrogens (tertiary/aromatic N) is 3. The third kappa shape index (κ3) is 3.44. The number of rotatable bonds is 4. The molecule has 2 aromatic rings. The number of amides is 2. The Morgan fingerprint density at radius 3 is 2.78 bits per heavy atom. The first kappa shape index (κ1) is 14.4. The molecule has 1 aromatic heterocycles. The Morgan fingerprint density at radius 2 is 2.00 bits per heavy atom. The quantitative estimate of drug-likeness (QED) is 0.905. The lowest BCUT2D eigenvalue weighted by Gasteiger charge is -2.18. The standard InChI is InChI=1S/C16H19N5OS/c22-15(18-16-20-19-14(23-16)11-6-7-11)17-12-8-9-21(10-12)13-4-2-1-3-5-13/h1-5,11-12H,6-10H2,(H2,17,18,20,22)/t12-/m0/s1. The maximum absolute atomic E-state index is 12.1. The lowest BCUT2D eigenvalue weighted by molar-refractivity contribution is 0.249. The molecule has 23 heavy (non-hydrogen) atoms. The van der Waals surface area contributed by atoms with Crippen LogP contribution in [0.25, 0.3) is 0 Å². The van der Waals surface area contributed by atoms with Crippen LogP contribution >= 0.6 is 11.3 Å². The van der Waals surface area contributed by atoms with Crippen molar-refractivity contribution in [3.05, 3.63) is 35.3 Å². The molecule has 2 heterocycles. The maximum Gasteiger partial charge on any atom is 0.321 e. The van der Waals surface area contributed by atoms with Gasteiger partial charge in [0.05, 0.1) is 0 Å². The number of anilines is 2. The van der Waals surface area contributed by atoms with Crippen LogP contribution in [0.4, 0.5) is 15.6 Å². The fourth-order valence-corrected chi connectivity index (χ4v) is 3.76. The van der Waals surface area contributed by atoms with Crippen LogP contribution in [0.1, 0.15) is 30.2 Å². The molecule has 2 N–H and O–H groups in total. The van der Waals surface area contributed by atoms with E-state index in [0.717, 1.165) is 24.5 Å². The fraction of sp³-hybridized carbons (Fsp3) is 0.438. The van der Waals surface area contributed by atoms with Gasteiger partial charge in [-0.2, -0.15) is 0 Å². The van der Waals surface area contributed by atoms with Crippen LogP contribution in [0.3, 0.4) is 0 Å². The molecule has 6 nitrogen and oxygen atoms in total. The van der Waals surface area contributed by atoms with Crippen LogP contribution < -0.4 is 15.5 Å². The van der Waals surface area contributed by atoms with Crippen molar-refractivity contribution in [1.29, 1.82) is 0 Å². The molecule has 2 amide bonds. The van der Waals surface area contributed by atoms with E-state index in [0.29, 0.717) is 11.0 Å². The first-order valence-corrected chi connectivity index (χ1v) is 8.80. The summed E-state index contributed by atoms with van der Waals surface area (Å²) in [5.41, 5.74) is 1.20. The summed E-state index contributed by atoms with van der Waals surface area (Å²) in [5.74, 6) is 0.570. The number of hydrogen-bond acceptors (Lipinski definition) is 5. The van der Waals surface area contributed by atoms with Crippen LogP contribution in [-0.2, 0) is 0 Å². The van der Waals surface area contributed by atoms with Crippen molar-refractivity contribution in [2.24, 2.45) is 0 Å². The number of benzene rings is 1. The van der Waals surface area contributed by atoms with Crippen LogP contribution in [-0.4, -0.2) is 35.4 Å². The van der Waals surface area contributed by atoms with Gasteiger partial charge in [0.15, 0.2) is 0 Å². The molecule has 0 unspecified atom stereocenters. The molecule has 4 rings (SSSR count). The summed E-state index contributed by atoms with van der Waals surface area (Å²) in [6, 6.07) is 10.3. The summed E-state index contributed by atoms with van der Waals surface area (Å²) in [5, 5.41) is 15.6. The zero-order valence-electron chi connectivity index (χ0n) is 12.7. The fourth-order valence-electron chi connectivity index (χ4n) is 2.85. The lowest BCUT2D eigenvalue weighted by atomic mass is 10.3. The maximum atomic E-state index is 12.1. The van der Waals surface area contributed by atoms with E-state index < -0.39 is 0 Å². The minimum atomic E-state index is -0.191. The molecule has 1 saturated heterocycles. The molecule has 2 fully saturated rings. The minimum Gasteiger partial charge on any atom is -0.369 e. The molecule has 0 bridgehead atoms. The number of nitrogens with one attached hydrogen (secondary N) is 2. The van der Waals surface area contributed by atoms with E-state index in [1.54, 1.807) is 0 Å². The van der Waals surface area contributed by atoms with E-state index in [-0.39, 0.29) is 12.1 Å². The molecule has 1 aromatic carbocycles. The van der Waals surface area contributed by atoms with Gasteiger partial charge in [-0.25, -0.2) is 4.79 Å². The van der Waals surface area contributed by atoms with Crippen molar-refractivity contribution in [3.8, 4) is 0 Å². The monoisotopic (exact) mass is 329 g/mol. The van der Waals surface area contributed by atoms with Crippen LogP contribution in [0.5, 0.6) is 0 Å². The SMILES string of the molecule is O=C(Nc1nnc(C2CC2)s1)N[C@H]1CCN(c2ccccc2)C1. The Bertz CT molecular complexity index is 685. The summed E-state index contributed by atoms with van der Waals surface area (Å²) in [6.45, 7) is 1.79. The van der Waals surface area contributed by atoms with Gasteiger partial charge in [-0.1, -0.05) is 29.5 Å². The van der Waals surface area contributed by atoms with Gasteiger partial charge in [0, 0.05) is 30.7 Å². The number of para-hydroxylation sites is 1. The van der Waals surface area contributed by atoms with Gasteiger partial charge in [0.2, 0.25) is 5.13 Å². The minimum absolute atomic E-state index is 0.158. The molecule has 7 heteroatoms. The molecule has 0 spiro atoms. The average Bonchev–Trinajstić information content (AvgIpc) is 3.14. The summed E-state index contributed by atoms with van der Waals surface area (Å²) >= 11 is 1.48.